The van der Waals surface area contributed by atoms with Crippen molar-refractivity contribution < 1.29 is 4.79 Å². The third kappa shape index (κ3) is 3.05. The van der Waals surface area contributed by atoms with Gasteiger partial charge in [0.05, 0.1) is 23.4 Å². The average Bonchev–Trinajstić information content (AvgIpc) is 3.35. The summed E-state index contributed by atoms with van der Waals surface area (Å²) in [7, 11) is 2.12. The zero-order valence-electron chi connectivity index (χ0n) is 16.1. The Bertz CT molecular complexity index is 1030. The molecule has 4 heterocycles. The van der Waals surface area contributed by atoms with Gasteiger partial charge in [-0.1, -0.05) is 12.1 Å². The van der Waals surface area contributed by atoms with E-state index in [1.165, 1.54) is 5.56 Å². The molecule has 1 amide bonds. The van der Waals surface area contributed by atoms with Crippen molar-refractivity contribution in [2.45, 2.75) is 38.4 Å². The van der Waals surface area contributed by atoms with Crippen molar-refractivity contribution >= 4 is 16.9 Å². The second-order valence-corrected chi connectivity index (χ2v) is 7.79. The van der Waals surface area contributed by atoms with Crippen molar-refractivity contribution in [2.75, 3.05) is 20.1 Å². The average molecular weight is 376 g/mol. The lowest BCUT2D eigenvalue weighted by Crippen LogP contribution is -2.34. The molecule has 0 radical (unpaired) electrons. The van der Waals surface area contributed by atoms with Crippen LogP contribution in [0.2, 0.25) is 0 Å². The number of fused-ring (bicyclic) bond motifs is 2. The van der Waals surface area contributed by atoms with E-state index in [4.69, 9.17) is 4.98 Å². The highest BCUT2D eigenvalue weighted by atomic mass is 16.2. The van der Waals surface area contributed by atoms with Crippen LogP contribution >= 0.6 is 0 Å². The lowest BCUT2D eigenvalue weighted by molar-refractivity contribution is -0.132. The molecule has 2 aliphatic rings. The van der Waals surface area contributed by atoms with Crippen molar-refractivity contribution in [3.8, 4) is 0 Å². The predicted octanol–water partition coefficient (Wildman–Crippen LogP) is 2.18. The van der Waals surface area contributed by atoms with Gasteiger partial charge < -0.3 is 14.4 Å². The van der Waals surface area contributed by atoms with Crippen molar-refractivity contribution in [1.29, 1.82) is 0 Å². The van der Waals surface area contributed by atoms with Crippen molar-refractivity contribution in [3.63, 3.8) is 0 Å². The quantitative estimate of drug-likeness (QED) is 0.701. The molecular weight excluding hydrogens is 352 g/mol. The second-order valence-electron chi connectivity index (χ2n) is 7.79. The number of hydrogen-bond donors (Lipinski definition) is 0. The van der Waals surface area contributed by atoms with E-state index in [2.05, 4.69) is 21.9 Å². The summed E-state index contributed by atoms with van der Waals surface area (Å²) in [6.07, 6.45) is 6.57. The molecule has 1 aromatic carbocycles. The number of rotatable bonds is 3. The number of benzene rings is 1. The Morgan fingerprint density at radius 1 is 1.21 bits per heavy atom. The van der Waals surface area contributed by atoms with Crippen LogP contribution in [0, 0.1) is 0 Å². The van der Waals surface area contributed by atoms with Crippen LogP contribution < -0.4 is 0 Å². The number of aromatic nitrogens is 4. The minimum atomic E-state index is -0.0211. The molecule has 2 aromatic heterocycles. The molecule has 1 fully saturated rings. The van der Waals surface area contributed by atoms with Crippen LogP contribution in [0.3, 0.4) is 0 Å². The Labute approximate surface area is 164 Å². The summed E-state index contributed by atoms with van der Waals surface area (Å²) < 4.78 is 1.93. The first-order valence-electron chi connectivity index (χ1n) is 9.91. The van der Waals surface area contributed by atoms with Crippen LogP contribution in [-0.4, -0.2) is 55.4 Å². The Hall–Kier alpha value is -2.80. The topological polar surface area (TPSA) is 67.2 Å². The number of carbonyl (C=O) groups is 1. The van der Waals surface area contributed by atoms with Crippen LogP contribution in [0.5, 0.6) is 0 Å². The summed E-state index contributed by atoms with van der Waals surface area (Å²) in [5, 5.41) is 0. The lowest BCUT2D eigenvalue weighted by Gasteiger charge is -2.27. The number of carbonyl (C=O) groups excluding carboxylic acids is 1. The largest absolute Gasteiger partial charge is 0.331 e. The van der Waals surface area contributed by atoms with Crippen LogP contribution in [0.4, 0.5) is 0 Å². The highest BCUT2D eigenvalue weighted by Crippen LogP contribution is 2.31. The highest BCUT2D eigenvalue weighted by Gasteiger charge is 2.32. The summed E-state index contributed by atoms with van der Waals surface area (Å²) in [5.41, 5.74) is 4.25. The van der Waals surface area contributed by atoms with Gasteiger partial charge in [0.1, 0.15) is 6.54 Å². The minimum Gasteiger partial charge on any atom is -0.331 e. The van der Waals surface area contributed by atoms with Crippen LogP contribution in [0.25, 0.3) is 11.0 Å². The van der Waals surface area contributed by atoms with Crippen molar-refractivity contribution in [3.05, 3.63) is 53.9 Å². The Kier molecular flexibility index (Phi) is 4.31. The number of nitrogens with zero attached hydrogens (tertiary/aromatic N) is 6. The van der Waals surface area contributed by atoms with Crippen molar-refractivity contribution in [1.82, 2.24) is 29.3 Å². The summed E-state index contributed by atoms with van der Waals surface area (Å²) in [6, 6.07) is 7.88. The maximum Gasteiger partial charge on any atom is 0.243 e. The maximum absolute atomic E-state index is 13.1. The predicted molar refractivity (Wildman–Crippen MR) is 105 cm³/mol. The summed E-state index contributed by atoms with van der Waals surface area (Å²) >= 11 is 0. The zero-order valence-corrected chi connectivity index (χ0v) is 16.1. The van der Waals surface area contributed by atoms with E-state index in [9.17, 15) is 4.79 Å². The monoisotopic (exact) mass is 376 g/mol. The molecule has 7 nitrogen and oxygen atoms in total. The van der Waals surface area contributed by atoms with Crippen molar-refractivity contribution in [2.24, 2.45) is 0 Å². The molecule has 5 rings (SSSR count). The van der Waals surface area contributed by atoms with Gasteiger partial charge in [0, 0.05) is 43.5 Å². The van der Waals surface area contributed by atoms with Gasteiger partial charge >= 0.3 is 0 Å². The first kappa shape index (κ1) is 17.3. The molecular formula is C21H24N6O. The molecule has 144 valence electrons. The summed E-state index contributed by atoms with van der Waals surface area (Å²) in [6.45, 7) is 2.98. The van der Waals surface area contributed by atoms with Crippen LogP contribution in [0.15, 0.2) is 36.8 Å². The first-order chi connectivity index (χ1) is 13.7. The van der Waals surface area contributed by atoms with Crippen LogP contribution in [0.1, 0.15) is 36.0 Å². The normalized spacial score (nSPS) is 19.9. The molecule has 0 aliphatic carbocycles. The number of likely N-dealkylation sites (N-methyl/N-ethyl adjacent to an activating group) is 1. The lowest BCUT2D eigenvalue weighted by atomic mass is 10.1. The fourth-order valence-electron chi connectivity index (χ4n) is 4.34. The maximum atomic E-state index is 13.1. The molecule has 0 spiro atoms. The van der Waals surface area contributed by atoms with Gasteiger partial charge in [0.2, 0.25) is 5.91 Å². The van der Waals surface area contributed by atoms with Gasteiger partial charge in [-0.15, -0.1) is 0 Å². The summed E-state index contributed by atoms with van der Waals surface area (Å²) in [5.74, 6) is 0.899. The number of hydrogen-bond acceptors (Lipinski definition) is 5. The molecule has 0 N–H and O–H groups in total. The van der Waals surface area contributed by atoms with E-state index >= 15 is 0 Å². The number of para-hydroxylation sites is 2. The minimum absolute atomic E-state index is 0.0211. The van der Waals surface area contributed by atoms with E-state index < -0.39 is 0 Å². The van der Waals surface area contributed by atoms with Gasteiger partial charge in [-0.2, -0.15) is 0 Å². The smallest absolute Gasteiger partial charge is 0.243 e. The molecule has 3 aromatic rings. The van der Waals surface area contributed by atoms with E-state index in [1.54, 1.807) is 6.33 Å². The third-order valence-electron chi connectivity index (χ3n) is 5.85. The first-order valence-corrected chi connectivity index (χ1v) is 9.91. The molecule has 0 saturated carbocycles. The Morgan fingerprint density at radius 2 is 2.11 bits per heavy atom. The third-order valence-corrected chi connectivity index (χ3v) is 5.85. The van der Waals surface area contributed by atoms with E-state index in [-0.39, 0.29) is 11.9 Å². The van der Waals surface area contributed by atoms with Gasteiger partial charge in [0.25, 0.3) is 0 Å². The number of amides is 1. The van der Waals surface area contributed by atoms with Gasteiger partial charge in [-0.05, 0) is 32.0 Å². The number of likely N-dealkylation sites (tertiary alicyclic amines) is 1. The second kappa shape index (κ2) is 6.98. The number of imidazole rings is 1. The van der Waals surface area contributed by atoms with Gasteiger partial charge in [-0.25, -0.2) is 15.0 Å². The SMILES string of the molecule is CN1CCc2nc([C@H]3CCCN3C(=O)Cn3cnc4ccccc43)ncc2C1. The van der Waals surface area contributed by atoms with Gasteiger partial charge in [-0.3, -0.25) is 4.79 Å². The molecule has 28 heavy (non-hydrogen) atoms. The van der Waals surface area contributed by atoms with Crippen LogP contribution in [-0.2, 0) is 24.3 Å². The highest BCUT2D eigenvalue weighted by molar-refractivity contribution is 5.81. The molecule has 0 bridgehead atoms. The Morgan fingerprint density at radius 3 is 3.04 bits per heavy atom. The van der Waals surface area contributed by atoms with E-state index in [0.29, 0.717) is 6.54 Å². The standard InChI is InChI=1S/C21H24N6O/c1-25-10-8-16-15(12-25)11-22-21(24-16)19-7-4-9-27(19)20(28)13-26-14-23-17-5-2-3-6-18(17)26/h2-3,5-6,11,14,19H,4,7-10,12-13H2,1H3/t19-/m1/s1. The molecule has 0 unspecified atom stereocenters. The fraction of sp³-hybridized carbons (Fsp3) is 0.429. The summed E-state index contributed by atoms with van der Waals surface area (Å²) in [4.78, 5) is 31.2. The van der Waals surface area contributed by atoms with E-state index in [0.717, 1.165) is 61.4 Å². The molecule has 7 heteroatoms. The molecule has 1 saturated heterocycles. The zero-order chi connectivity index (χ0) is 19.1. The fourth-order valence-corrected chi connectivity index (χ4v) is 4.34. The van der Waals surface area contributed by atoms with Gasteiger partial charge in [0.15, 0.2) is 5.82 Å². The Balaban J connectivity index is 1.37. The van der Waals surface area contributed by atoms with E-state index in [1.807, 2.05) is 39.9 Å². The molecule has 1 atom stereocenters. The molecule has 2 aliphatic heterocycles.